The Balaban J connectivity index is 1.33. The number of aryl methyl sites for hydroxylation is 1. The van der Waals surface area contributed by atoms with E-state index >= 15 is 0 Å². The van der Waals surface area contributed by atoms with Crippen molar-refractivity contribution >= 4 is 17.0 Å². The van der Waals surface area contributed by atoms with E-state index in [2.05, 4.69) is 20.3 Å². The number of anilines is 1. The van der Waals surface area contributed by atoms with Gasteiger partial charge in [-0.15, -0.1) is 0 Å². The van der Waals surface area contributed by atoms with Crippen LogP contribution in [0.15, 0.2) is 6.33 Å². The van der Waals surface area contributed by atoms with Gasteiger partial charge in [-0.25, -0.2) is 15.0 Å². The molecule has 4 aliphatic rings. The molecule has 2 aliphatic heterocycles. The van der Waals surface area contributed by atoms with Crippen LogP contribution in [0.1, 0.15) is 24.9 Å². The minimum atomic E-state index is -1.18. The van der Waals surface area contributed by atoms with E-state index in [4.69, 9.17) is 9.47 Å². The van der Waals surface area contributed by atoms with Gasteiger partial charge in [-0.3, -0.25) is 4.57 Å². The first-order valence-corrected chi connectivity index (χ1v) is 9.80. The van der Waals surface area contributed by atoms with E-state index in [-0.39, 0.29) is 6.61 Å². The molecule has 4 heterocycles. The number of ether oxygens (including phenoxy) is 2. The number of fused-ring (bicyclic) bond motifs is 6. The molecule has 10 nitrogen and oxygen atoms in total. The molecule has 6 rings (SSSR count). The number of aliphatic hydroxyl groups is 3. The van der Waals surface area contributed by atoms with Gasteiger partial charge in [0.25, 0.3) is 0 Å². The molecule has 0 radical (unpaired) electrons. The average Bonchev–Trinajstić information content (AvgIpc) is 2.94. The second-order valence-corrected chi connectivity index (χ2v) is 8.38. The van der Waals surface area contributed by atoms with Crippen LogP contribution in [0, 0.1) is 18.8 Å². The topological polar surface area (TPSA) is 138 Å². The molecule has 150 valence electrons. The molecule has 9 atom stereocenters. The first-order valence-electron chi connectivity index (χ1n) is 9.80. The Kier molecular flexibility index (Phi) is 3.55. The van der Waals surface area contributed by atoms with E-state index < -0.39 is 24.5 Å². The fourth-order valence-corrected chi connectivity index (χ4v) is 5.37. The molecule has 10 heteroatoms. The second kappa shape index (κ2) is 5.83. The lowest BCUT2D eigenvalue weighted by Gasteiger charge is -2.22. The van der Waals surface area contributed by atoms with E-state index in [0.717, 1.165) is 6.42 Å². The Morgan fingerprint density at radius 1 is 1.18 bits per heavy atom. The maximum atomic E-state index is 10.4. The summed E-state index contributed by atoms with van der Waals surface area (Å²) in [5.74, 6) is 2.40. The molecule has 4 fully saturated rings. The van der Waals surface area contributed by atoms with Gasteiger partial charge in [0, 0.05) is 12.0 Å². The van der Waals surface area contributed by atoms with Crippen molar-refractivity contribution in [1.82, 2.24) is 19.5 Å². The molecular formula is C18H23N5O5. The summed E-state index contributed by atoms with van der Waals surface area (Å²) in [6.07, 6.45) is 0.603. The Labute approximate surface area is 160 Å². The smallest absolute Gasteiger partial charge is 0.167 e. The summed E-state index contributed by atoms with van der Waals surface area (Å²) < 4.78 is 13.0. The van der Waals surface area contributed by atoms with Crippen molar-refractivity contribution in [2.45, 2.75) is 62.6 Å². The van der Waals surface area contributed by atoms with Gasteiger partial charge >= 0.3 is 0 Å². The van der Waals surface area contributed by atoms with Crippen LogP contribution in [0.4, 0.5) is 5.82 Å². The summed E-state index contributed by atoms with van der Waals surface area (Å²) in [6, 6.07) is 0.310. The Bertz CT molecular complexity index is 936. The maximum Gasteiger partial charge on any atom is 0.167 e. The predicted molar refractivity (Wildman–Crippen MR) is 95.4 cm³/mol. The fraction of sp³-hybridized carbons (Fsp3) is 0.722. The van der Waals surface area contributed by atoms with Gasteiger partial charge < -0.3 is 30.1 Å². The lowest BCUT2D eigenvalue weighted by atomic mass is 9.95. The highest BCUT2D eigenvalue weighted by Crippen LogP contribution is 2.56. The fourth-order valence-electron chi connectivity index (χ4n) is 5.37. The van der Waals surface area contributed by atoms with Crippen molar-refractivity contribution in [2.75, 3.05) is 11.9 Å². The van der Waals surface area contributed by atoms with E-state index in [9.17, 15) is 15.3 Å². The van der Waals surface area contributed by atoms with E-state index in [1.165, 1.54) is 12.7 Å². The van der Waals surface area contributed by atoms with E-state index in [1.54, 1.807) is 11.5 Å². The highest BCUT2D eigenvalue weighted by Gasteiger charge is 2.63. The summed E-state index contributed by atoms with van der Waals surface area (Å²) in [4.78, 5) is 13.5. The number of hydrogen-bond donors (Lipinski definition) is 4. The van der Waals surface area contributed by atoms with Gasteiger partial charge in [0.15, 0.2) is 23.2 Å². The zero-order valence-corrected chi connectivity index (χ0v) is 15.3. The van der Waals surface area contributed by atoms with Gasteiger partial charge in [0.05, 0.1) is 25.1 Å². The molecule has 2 saturated heterocycles. The van der Waals surface area contributed by atoms with Crippen LogP contribution in [0.25, 0.3) is 11.2 Å². The number of rotatable bonds is 4. The zero-order chi connectivity index (χ0) is 19.2. The van der Waals surface area contributed by atoms with Crippen LogP contribution in [-0.2, 0) is 9.47 Å². The number of aromatic nitrogens is 4. The first kappa shape index (κ1) is 17.0. The molecule has 0 aromatic carbocycles. The van der Waals surface area contributed by atoms with Gasteiger partial charge in [0.2, 0.25) is 0 Å². The third-order valence-electron chi connectivity index (χ3n) is 6.74. The van der Waals surface area contributed by atoms with Crippen molar-refractivity contribution in [2.24, 2.45) is 11.8 Å². The summed E-state index contributed by atoms with van der Waals surface area (Å²) in [7, 11) is 0. The van der Waals surface area contributed by atoms with Crippen LogP contribution >= 0.6 is 0 Å². The average molecular weight is 389 g/mol. The predicted octanol–water partition coefficient (Wildman–Crippen LogP) is -0.666. The summed E-state index contributed by atoms with van der Waals surface area (Å²) in [5.41, 5.74) is 1.12. The number of nitrogens with one attached hydrogen (secondary N) is 1. The summed E-state index contributed by atoms with van der Waals surface area (Å²) in [5, 5.41) is 33.3. The van der Waals surface area contributed by atoms with Gasteiger partial charge in [0.1, 0.15) is 24.1 Å². The molecule has 0 amide bonds. The first-order chi connectivity index (χ1) is 13.5. The van der Waals surface area contributed by atoms with Crippen molar-refractivity contribution in [3.05, 3.63) is 12.2 Å². The van der Waals surface area contributed by atoms with Crippen LogP contribution in [-0.4, -0.2) is 78.0 Å². The number of epoxide rings is 1. The molecular weight excluding hydrogens is 366 g/mol. The Hall–Kier alpha value is -1.85. The van der Waals surface area contributed by atoms with Gasteiger partial charge in [-0.05, 0) is 25.7 Å². The van der Waals surface area contributed by atoms with E-state index in [0.29, 0.717) is 52.9 Å². The highest BCUT2D eigenvalue weighted by molar-refractivity contribution is 5.83. The number of imidazole rings is 1. The standard InChI is InChI=1S/C18H23N5O5/c1-6-20-16(22-9-3-7-2-8(9)15-14(7)28-15)11-17(21-6)23(5-19-11)18-13(26)12(25)10(4-24)27-18/h5,7-10,12-15,18,24-26H,2-4H2,1H3,(H,20,21,22)/t7?,8?,9?,10-,12?,13+,14?,15?,18-/m1/s1. The Morgan fingerprint density at radius 3 is 2.75 bits per heavy atom. The van der Waals surface area contributed by atoms with Crippen LogP contribution in [0.2, 0.25) is 0 Å². The summed E-state index contributed by atoms with van der Waals surface area (Å²) in [6.45, 7) is 1.43. The normalized spacial score (nSPS) is 43.6. The zero-order valence-electron chi connectivity index (χ0n) is 15.3. The molecule has 2 aromatic rings. The largest absolute Gasteiger partial charge is 0.394 e. The number of hydrogen-bond acceptors (Lipinski definition) is 9. The SMILES string of the molecule is Cc1nc(NC2CC3CC2C2OC32)c2ncn([C@@H]3O[C@H](CO)C(O)[C@@H]3O)c2n1. The molecule has 4 N–H and O–H groups in total. The van der Waals surface area contributed by atoms with Crippen LogP contribution in [0.3, 0.4) is 0 Å². The number of aliphatic hydroxyl groups excluding tert-OH is 3. The minimum Gasteiger partial charge on any atom is -0.394 e. The van der Waals surface area contributed by atoms with Crippen molar-refractivity contribution < 1.29 is 24.8 Å². The molecule has 0 spiro atoms. The maximum absolute atomic E-state index is 10.4. The van der Waals surface area contributed by atoms with Gasteiger partial charge in [-0.2, -0.15) is 0 Å². The third kappa shape index (κ3) is 2.29. The van der Waals surface area contributed by atoms with Crippen molar-refractivity contribution in [1.29, 1.82) is 0 Å². The van der Waals surface area contributed by atoms with Crippen LogP contribution < -0.4 is 5.32 Å². The molecule has 28 heavy (non-hydrogen) atoms. The van der Waals surface area contributed by atoms with Crippen molar-refractivity contribution in [3.8, 4) is 0 Å². The molecule has 2 aliphatic carbocycles. The molecule has 2 saturated carbocycles. The second-order valence-electron chi connectivity index (χ2n) is 8.38. The molecule has 6 unspecified atom stereocenters. The molecule has 2 bridgehead atoms. The Morgan fingerprint density at radius 2 is 2.04 bits per heavy atom. The summed E-state index contributed by atoms with van der Waals surface area (Å²) >= 11 is 0. The minimum absolute atomic E-state index is 0.310. The van der Waals surface area contributed by atoms with Gasteiger partial charge in [-0.1, -0.05) is 0 Å². The molecule has 2 aromatic heterocycles. The highest BCUT2D eigenvalue weighted by atomic mass is 16.6. The third-order valence-corrected chi connectivity index (χ3v) is 6.74. The monoisotopic (exact) mass is 389 g/mol. The van der Waals surface area contributed by atoms with Crippen LogP contribution in [0.5, 0.6) is 0 Å². The lowest BCUT2D eigenvalue weighted by Crippen LogP contribution is -2.33. The van der Waals surface area contributed by atoms with Crippen molar-refractivity contribution in [3.63, 3.8) is 0 Å². The van der Waals surface area contributed by atoms with E-state index in [1.807, 2.05) is 0 Å². The quantitative estimate of drug-likeness (QED) is 0.502. The number of nitrogens with zero attached hydrogens (tertiary/aromatic N) is 4. The lowest BCUT2D eigenvalue weighted by molar-refractivity contribution is -0.0511.